The van der Waals surface area contributed by atoms with Gasteiger partial charge in [0.25, 0.3) is 0 Å². The smallest absolute Gasteiger partial charge is 0.348 e. The maximum atomic E-state index is 12.7. The molecule has 0 unspecified atom stereocenters. The minimum absolute atomic E-state index is 0.383. The van der Waals surface area contributed by atoms with Crippen molar-refractivity contribution in [3.63, 3.8) is 0 Å². The first kappa shape index (κ1) is 16.2. The van der Waals surface area contributed by atoms with Crippen molar-refractivity contribution in [1.82, 2.24) is 0 Å². The fourth-order valence-electron chi connectivity index (χ4n) is 3.02. The number of benzene rings is 2. The van der Waals surface area contributed by atoms with Crippen molar-refractivity contribution in [2.75, 3.05) is 13.2 Å². The number of rotatable bonds is 3. The Morgan fingerprint density at radius 1 is 1.12 bits per heavy atom. The lowest BCUT2D eigenvalue weighted by Crippen LogP contribution is -2.17. The van der Waals surface area contributed by atoms with Crippen LogP contribution in [0.1, 0.15) is 18.1 Å². The SMILES string of the molecule is CCOc1ccc(C2=C(I)COc3c2c(=O)oc2ccccc32)cc1. The van der Waals surface area contributed by atoms with Gasteiger partial charge < -0.3 is 13.9 Å². The fourth-order valence-corrected chi connectivity index (χ4v) is 3.75. The standard InChI is InChI=1S/C20H15IO4/c1-2-23-13-9-7-12(8-10-13)17-15(21)11-24-19-14-5-3-4-6-16(14)25-20(22)18(17)19/h3-10H,2,11H2,1H3. The van der Waals surface area contributed by atoms with E-state index in [1.165, 1.54) is 0 Å². The van der Waals surface area contributed by atoms with Gasteiger partial charge in [0.2, 0.25) is 0 Å². The second-order valence-corrected chi connectivity index (χ2v) is 6.92. The van der Waals surface area contributed by atoms with E-state index in [4.69, 9.17) is 13.9 Å². The third kappa shape index (κ3) is 2.82. The Morgan fingerprint density at radius 2 is 1.88 bits per heavy atom. The van der Waals surface area contributed by atoms with E-state index >= 15 is 0 Å². The molecule has 0 saturated heterocycles. The molecular weight excluding hydrogens is 431 g/mol. The summed E-state index contributed by atoms with van der Waals surface area (Å²) in [7, 11) is 0. The number of halogens is 1. The molecule has 0 fully saturated rings. The Balaban J connectivity index is 1.93. The Morgan fingerprint density at radius 3 is 2.64 bits per heavy atom. The van der Waals surface area contributed by atoms with Crippen molar-refractivity contribution >= 4 is 39.1 Å². The van der Waals surface area contributed by atoms with E-state index < -0.39 is 0 Å². The molecule has 126 valence electrons. The molecule has 0 aliphatic carbocycles. The Hall–Kier alpha value is -2.28. The lowest BCUT2D eigenvalue weighted by atomic mass is 9.95. The molecule has 2 heterocycles. The molecule has 5 heteroatoms. The Kier molecular flexibility index (Phi) is 4.25. The Labute approximate surface area is 158 Å². The molecular formula is C20H15IO4. The lowest BCUT2D eigenvalue weighted by molar-refractivity contribution is 0.340. The zero-order chi connectivity index (χ0) is 17.4. The van der Waals surface area contributed by atoms with Gasteiger partial charge in [-0.1, -0.05) is 24.3 Å². The van der Waals surface area contributed by atoms with E-state index in [9.17, 15) is 4.79 Å². The maximum absolute atomic E-state index is 12.7. The number of hydrogen-bond acceptors (Lipinski definition) is 4. The third-order valence-electron chi connectivity index (χ3n) is 4.08. The molecule has 0 N–H and O–H groups in total. The van der Waals surface area contributed by atoms with E-state index in [1.807, 2.05) is 49.4 Å². The van der Waals surface area contributed by atoms with Gasteiger partial charge in [0.05, 0.1) is 12.0 Å². The second kappa shape index (κ2) is 6.55. The molecule has 0 amide bonds. The summed E-state index contributed by atoms with van der Waals surface area (Å²) in [5.74, 6) is 1.40. The van der Waals surface area contributed by atoms with Crippen LogP contribution in [0.4, 0.5) is 0 Å². The van der Waals surface area contributed by atoms with Gasteiger partial charge in [0.15, 0.2) is 0 Å². The van der Waals surface area contributed by atoms with Crippen LogP contribution in [0, 0.1) is 0 Å². The van der Waals surface area contributed by atoms with Gasteiger partial charge in [-0.05, 0) is 59.3 Å². The number of hydrogen-bond donors (Lipinski definition) is 0. The largest absolute Gasteiger partial charge is 0.494 e. The van der Waals surface area contributed by atoms with E-state index in [0.717, 1.165) is 25.9 Å². The van der Waals surface area contributed by atoms with Gasteiger partial charge in [-0.2, -0.15) is 0 Å². The molecule has 4 rings (SSSR count). The predicted octanol–water partition coefficient (Wildman–Crippen LogP) is 4.78. The first-order valence-electron chi connectivity index (χ1n) is 8.00. The van der Waals surface area contributed by atoms with Crippen LogP contribution >= 0.6 is 22.6 Å². The van der Waals surface area contributed by atoms with Crippen LogP contribution in [0.15, 0.2) is 61.3 Å². The van der Waals surface area contributed by atoms with Crippen molar-refractivity contribution < 1.29 is 13.9 Å². The molecule has 3 aromatic rings. The molecule has 0 atom stereocenters. The highest BCUT2D eigenvalue weighted by molar-refractivity contribution is 14.1. The highest BCUT2D eigenvalue weighted by atomic mass is 127. The van der Waals surface area contributed by atoms with Crippen LogP contribution in [0.25, 0.3) is 16.5 Å². The van der Waals surface area contributed by atoms with Gasteiger partial charge >= 0.3 is 5.63 Å². The molecule has 2 aromatic carbocycles. The molecule has 1 aliphatic heterocycles. The van der Waals surface area contributed by atoms with E-state index in [0.29, 0.717) is 30.1 Å². The van der Waals surface area contributed by atoms with Crippen LogP contribution in [0.3, 0.4) is 0 Å². The molecule has 25 heavy (non-hydrogen) atoms. The second-order valence-electron chi connectivity index (χ2n) is 5.62. The molecule has 0 saturated carbocycles. The number of ether oxygens (including phenoxy) is 2. The van der Waals surface area contributed by atoms with Gasteiger partial charge in [0.1, 0.15) is 29.3 Å². The zero-order valence-corrected chi connectivity index (χ0v) is 15.7. The highest BCUT2D eigenvalue weighted by Crippen LogP contribution is 2.41. The predicted molar refractivity (Wildman–Crippen MR) is 106 cm³/mol. The van der Waals surface area contributed by atoms with Crippen molar-refractivity contribution in [2.24, 2.45) is 0 Å². The molecule has 0 spiro atoms. The summed E-state index contributed by atoms with van der Waals surface area (Å²) in [5, 5.41) is 0.810. The van der Waals surface area contributed by atoms with E-state index in [-0.39, 0.29) is 5.63 Å². The van der Waals surface area contributed by atoms with E-state index in [1.54, 1.807) is 6.07 Å². The molecule has 1 aliphatic rings. The highest BCUT2D eigenvalue weighted by Gasteiger charge is 2.27. The summed E-state index contributed by atoms with van der Waals surface area (Å²) in [4.78, 5) is 12.7. The van der Waals surface area contributed by atoms with Crippen LogP contribution in [-0.4, -0.2) is 13.2 Å². The zero-order valence-electron chi connectivity index (χ0n) is 13.5. The Bertz CT molecular complexity index is 1030. The molecule has 4 nitrogen and oxygen atoms in total. The van der Waals surface area contributed by atoms with Gasteiger partial charge in [0, 0.05) is 9.15 Å². The normalized spacial score (nSPS) is 13.5. The van der Waals surface area contributed by atoms with Crippen molar-refractivity contribution in [3.8, 4) is 11.5 Å². The third-order valence-corrected chi connectivity index (χ3v) is 4.93. The summed E-state index contributed by atoms with van der Waals surface area (Å²) in [6.07, 6.45) is 0. The summed E-state index contributed by atoms with van der Waals surface area (Å²) in [6.45, 7) is 3.00. The van der Waals surface area contributed by atoms with Crippen LogP contribution in [0.5, 0.6) is 11.5 Å². The molecule has 0 radical (unpaired) electrons. The van der Waals surface area contributed by atoms with E-state index in [2.05, 4.69) is 22.6 Å². The van der Waals surface area contributed by atoms with Gasteiger partial charge in [-0.25, -0.2) is 4.79 Å². The molecule has 1 aromatic heterocycles. The number of fused-ring (bicyclic) bond motifs is 3. The lowest BCUT2D eigenvalue weighted by Gasteiger charge is -2.22. The fraction of sp³-hybridized carbons (Fsp3) is 0.150. The summed E-state index contributed by atoms with van der Waals surface area (Å²) < 4.78 is 17.9. The number of para-hydroxylation sites is 1. The van der Waals surface area contributed by atoms with Gasteiger partial charge in [-0.3, -0.25) is 0 Å². The average Bonchev–Trinajstić information content (AvgIpc) is 2.63. The van der Waals surface area contributed by atoms with Gasteiger partial charge in [-0.15, -0.1) is 0 Å². The summed E-state index contributed by atoms with van der Waals surface area (Å²) in [6, 6.07) is 15.2. The first-order chi connectivity index (χ1) is 12.2. The topological polar surface area (TPSA) is 48.7 Å². The molecule has 0 bridgehead atoms. The van der Waals surface area contributed by atoms with Crippen molar-refractivity contribution in [1.29, 1.82) is 0 Å². The summed E-state index contributed by atoms with van der Waals surface area (Å²) >= 11 is 2.23. The first-order valence-corrected chi connectivity index (χ1v) is 9.08. The monoisotopic (exact) mass is 446 g/mol. The van der Waals surface area contributed by atoms with Crippen LogP contribution < -0.4 is 15.1 Å². The minimum Gasteiger partial charge on any atom is -0.494 e. The summed E-state index contributed by atoms with van der Waals surface area (Å²) in [5.41, 5.74) is 2.45. The van der Waals surface area contributed by atoms with Crippen LogP contribution in [0.2, 0.25) is 0 Å². The van der Waals surface area contributed by atoms with Crippen LogP contribution in [-0.2, 0) is 0 Å². The van der Waals surface area contributed by atoms with Crippen molar-refractivity contribution in [3.05, 3.63) is 73.7 Å². The average molecular weight is 446 g/mol. The minimum atomic E-state index is -0.383. The quantitative estimate of drug-likeness (QED) is 0.430. The maximum Gasteiger partial charge on any atom is 0.348 e. The van der Waals surface area contributed by atoms with Crippen molar-refractivity contribution in [2.45, 2.75) is 6.92 Å².